The molecule has 0 radical (unpaired) electrons. The Morgan fingerprint density at radius 2 is 2.00 bits per heavy atom. The summed E-state index contributed by atoms with van der Waals surface area (Å²) in [5.41, 5.74) is 9.40. The zero-order chi connectivity index (χ0) is 18.0. The second kappa shape index (κ2) is 6.90. The van der Waals surface area contributed by atoms with Crippen molar-refractivity contribution < 1.29 is 14.3 Å². The fourth-order valence-electron chi connectivity index (χ4n) is 2.22. The quantitative estimate of drug-likeness (QED) is 0.553. The molecule has 0 saturated heterocycles. The van der Waals surface area contributed by atoms with Crippen LogP contribution in [0.3, 0.4) is 0 Å². The summed E-state index contributed by atoms with van der Waals surface area (Å²) >= 11 is 1.37. The molecule has 25 heavy (non-hydrogen) atoms. The highest BCUT2D eigenvalue weighted by Crippen LogP contribution is 2.26. The first-order chi connectivity index (χ1) is 11.9. The van der Waals surface area contributed by atoms with E-state index in [0.717, 1.165) is 21.3 Å². The summed E-state index contributed by atoms with van der Waals surface area (Å²) in [6, 6.07) is 10.7. The number of aryl methyl sites for hydroxylation is 2. The molecule has 0 unspecified atom stereocenters. The van der Waals surface area contributed by atoms with Gasteiger partial charge in [0.1, 0.15) is 0 Å². The first-order valence-corrected chi connectivity index (χ1v) is 8.44. The van der Waals surface area contributed by atoms with Crippen molar-refractivity contribution in [2.24, 2.45) is 0 Å². The van der Waals surface area contributed by atoms with Gasteiger partial charge in [-0.05, 0) is 49.2 Å². The van der Waals surface area contributed by atoms with Gasteiger partial charge in [-0.25, -0.2) is 9.78 Å². The maximum absolute atomic E-state index is 12.0. The smallest absolute Gasteiger partial charge is 0.338 e. The molecule has 1 amide bonds. The highest BCUT2D eigenvalue weighted by Gasteiger charge is 2.13. The van der Waals surface area contributed by atoms with Crippen molar-refractivity contribution in [3.63, 3.8) is 0 Å². The molecule has 0 fully saturated rings. The van der Waals surface area contributed by atoms with E-state index in [1.165, 1.54) is 17.4 Å². The first-order valence-electron chi connectivity index (χ1n) is 7.62. The van der Waals surface area contributed by atoms with E-state index in [0.29, 0.717) is 16.4 Å². The Balaban J connectivity index is 1.59. The largest absolute Gasteiger partial charge is 0.452 e. The summed E-state index contributed by atoms with van der Waals surface area (Å²) in [6.07, 6.45) is 0. The van der Waals surface area contributed by atoms with Crippen LogP contribution >= 0.6 is 11.3 Å². The average molecular weight is 355 g/mol. The maximum atomic E-state index is 12.0. The van der Waals surface area contributed by atoms with Gasteiger partial charge in [-0.15, -0.1) is 0 Å². The third-order valence-electron chi connectivity index (χ3n) is 3.64. The molecule has 3 N–H and O–H groups in total. The number of fused-ring (bicyclic) bond motifs is 1. The summed E-state index contributed by atoms with van der Waals surface area (Å²) in [4.78, 5) is 28.3. The number of nitrogens with zero attached hydrogens (tertiary/aromatic N) is 1. The fourth-order valence-corrected chi connectivity index (χ4v) is 3.20. The molecule has 6 nitrogen and oxygen atoms in total. The Hall–Kier alpha value is -2.93. The first kappa shape index (κ1) is 16.9. The second-order valence-electron chi connectivity index (χ2n) is 5.69. The lowest BCUT2D eigenvalue weighted by atomic mass is 10.1. The van der Waals surface area contributed by atoms with Crippen molar-refractivity contribution in [1.82, 2.24) is 4.98 Å². The van der Waals surface area contributed by atoms with Crippen molar-refractivity contribution >= 4 is 44.2 Å². The monoisotopic (exact) mass is 355 g/mol. The van der Waals surface area contributed by atoms with Crippen LogP contribution in [0.2, 0.25) is 0 Å². The summed E-state index contributed by atoms with van der Waals surface area (Å²) in [5.74, 6) is -1.04. The van der Waals surface area contributed by atoms with Gasteiger partial charge < -0.3 is 10.5 Å². The average Bonchev–Trinajstić information content (AvgIpc) is 2.96. The Morgan fingerprint density at radius 1 is 1.20 bits per heavy atom. The molecule has 0 bridgehead atoms. The van der Waals surface area contributed by atoms with E-state index in [1.807, 2.05) is 32.0 Å². The van der Waals surface area contributed by atoms with E-state index in [9.17, 15) is 9.59 Å². The molecule has 3 aromatic rings. The summed E-state index contributed by atoms with van der Waals surface area (Å²) < 4.78 is 6.01. The van der Waals surface area contributed by atoms with Gasteiger partial charge in [0.2, 0.25) is 0 Å². The van der Waals surface area contributed by atoms with Gasteiger partial charge in [0, 0.05) is 5.69 Å². The van der Waals surface area contributed by atoms with Gasteiger partial charge in [0.25, 0.3) is 5.91 Å². The zero-order valence-electron chi connectivity index (χ0n) is 13.8. The number of carbonyl (C=O) groups is 2. The number of nitrogen functional groups attached to an aromatic ring is 1. The van der Waals surface area contributed by atoms with Gasteiger partial charge in [0.05, 0.1) is 15.8 Å². The molecule has 0 saturated carbocycles. The lowest BCUT2D eigenvalue weighted by Crippen LogP contribution is -2.20. The van der Waals surface area contributed by atoms with Gasteiger partial charge in [0.15, 0.2) is 11.7 Å². The van der Waals surface area contributed by atoms with Crippen LogP contribution < -0.4 is 11.1 Å². The number of esters is 1. The molecule has 7 heteroatoms. The van der Waals surface area contributed by atoms with E-state index in [4.69, 9.17) is 10.5 Å². The minimum atomic E-state index is -0.596. The van der Waals surface area contributed by atoms with E-state index in [2.05, 4.69) is 10.3 Å². The molecule has 0 atom stereocenters. The topological polar surface area (TPSA) is 94.3 Å². The molecule has 1 heterocycles. The molecule has 0 aliphatic carbocycles. The van der Waals surface area contributed by atoms with Crippen molar-refractivity contribution in [3.8, 4) is 0 Å². The SMILES string of the molecule is Cc1ccc2nc(NC(=O)COC(=O)c3ccc(C)c(N)c3)sc2c1. The number of thiazole rings is 1. The molecule has 128 valence electrons. The molecule has 0 spiro atoms. The fraction of sp³-hybridized carbons (Fsp3) is 0.167. The molecule has 0 aliphatic heterocycles. The van der Waals surface area contributed by atoms with Crippen LogP contribution in [0.5, 0.6) is 0 Å². The molecule has 2 aromatic carbocycles. The number of nitrogens with one attached hydrogen (secondary N) is 1. The van der Waals surface area contributed by atoms with Crippen LogP contribution in [0.1, 0.15) is 21.5 Å². The van der Waals surface area contributed by atoms with Crippen LogP contribution in [-0.4, -0.2) is 23.5 Å². The van der Waals surface area contributed by atoms with Gasteiger partial charge >= 0.3 is 5.97 Å². The third-order valence-corrected chi connectivity index (χ3v) is 4.57. The molecule has 1 aromatic heterocycles. The standard InChI is InChI=1S/C18H17N3O3S/c1-10-3-6-14-15(7-10)25-18(20-14)21-16(22)9-24-17(23)12-5-4-11(2)13(19)8-12/h3-8H,9,19H2,1-2H3,(H,20,21,22). The van der Waals surface area contributed by atoms with E-state index in [1.54, 1.807) is 12.1 Å². The van der Waals surface area contributed by atoms with E-state index < -0.39 is 11.9 Å². The summed E-state index contributed by atoms with van der Waals surface area (Å²) in [6.45, 7) is 3.45. The lowest BCUT2D eigenvalue weighted by molar-refractivity contribution is -0.119. The number of carbonyl (C=O) groups excluding carboxylic acids is 2. The minimum absolute atomic E-state index is 0.311. The van der Waals surface area contributed by atoms with Crippen molar-refractivity contribution in [2.45, 2.75) is 13.8 Å². The number of rotatable bonds is 4. The van der Waals surface area contributed by atoms with Crippen LogP contribution in [0.15, 0.2) is 36.4 Å². The second-order valence-corrected chi connectivity index (χ2v) is 6.72. The molecule has 0 aliphatic rings. The Labute approximate surface area is 148 Å². The van der Waals surface area contributed by atoms with Crippen molar-refractivity contribution in [2.75, 3.05) is 17.7 Å². The number of nitrogens with two attached hydrogens (primary N) is 1. The van der Waals surface area contributed by atoms with Crippen LogP contribution in [0.25, 0.3) is 10.2 Å². The number of anilines is 2. The van der Waals surface area contributed by atoms with Crippen LogP contribution in [0, 0.1) is 13.8 Å². The number of aromatic nitrogens is 1. The third kappa shape index (κ3) is 3.95. The molecular formula is C18H17N3O3S. The van der Waals surface area contributed by atoms with Gasteiger partial charge in [-0.2, -0.15) is 0 Å². The number of benzene rings is 2. The summed E-state index contributed by atoms with van der Waals surface area (Å²) in [5, 5.41) is 3.12. The number of amides is 1. The normalized spacial score (nSPS) is 10.6. The Kier molecular flexibility index (Phi) is 4.67. The molecular weight excluding hydrogens is 338 g/mol. The van der Waals surface area contributed by atoms with E-state index in [-0.39, 0.29) is 6.61 Å². The highest BCUT2D eigenvalue weighted by molar-refractivity contribution is 7.22. The summed E-state index contributed by atoms with van der Waals surface area (Å²) in [7, 11) is 0. The number of hydrogen-bond acceptors (Lipinski definition) is 6. The number of ether oxygens (including phenoxy) is 1. The number of hydrogen-bond donors (Lipinski definition) is 2. The van der Waals surface area contributed by atoms with Crippen LogP contribution in [-0.2, 0) is 9.53 Å². The molecule has 3 rings (SSSR count). The van der Waals surface area contributed by atoms with Crippen molar-refractivity contribution in [3.05, 3.63) is 53.1 Å². The Bertz CT molecular complexity index is 965. The lowest BCUT2D eigenvalue weighted by Gasteiger charge is -2.06. The minimum Gasteiger partial charge on any atom is -0.452 e. The van der Waals surface area contributed by atoms with Crippen molar-refractivity contribution in [1.29, 1.82) is 0 Å². The predicted octanol–water partition coefficient (Wildman–Crippen LogP) is 3.29. The van der Waals surface area contributed by atoms with Crippen LogP contribution in [0.4, 0.5) is 10.8 Å². The maximum Gasteiger partial charge on any atom is 0.338 e. The van der Waals surface area contributed by atoms with Gasteiger partial charge in [-0.3, -0.25) is 10.1 Å². The Morgan fingerprint density at radius 3 is 2.76 bits per heavy atom. The zero-order valence-corrected chi connectivity index (χ0v) is 14.6. The van der Waals surface area contributed by atoms with E-state index >= 15 is 0 Å². The van der Waals surface area contributed by atoms with Gasteiger partial charge in [-0.1, -0.05) is 23.5 Å². The predicted molar refractivity (Wildman–Crippen MR) is 98.9 cm³/mol. The highest BCUT2D eigenvalue weighted by atomic mass is 32.1.